The Bertz CT molecular complexity index is 750. The molecule has 0 unspecified atom stereocenters. The van der Waals surface area contributed by atoms with Gasteiger partial charge >= 0.3 is 17.8 Å². The fraction of sp³-hybridized carbons (Fsp3) is 0.100. The molecule has 0 atom stereocenters. The highest BCUT2D eigenvalue weighted by Gasteiger charge is 2.21. The van der Waals surface area contributed by atoms with Crippen LogP contribution in [0.25, 0.3) is 5.78 Å². The zero-order chi connectivity index (χ0) is 14.9. The Morgan fingerprint density at radius 2 is 2.10 bits per heavy atom. The number of carbonyl (C=O) groups is 3. The number of ether oxygens (including phenoxy) is 1. The fourth-order valence-electron chi connectivity index (χ4n) is 1.39. The summed E-state index contributed by atoms with van der Waals surface area (Å²) in [4.78, 5) is 44.3. The number of hydrogen-bond donors (Lipinski definition) is 1. The minimum atomic E-state index is -1.37. The highest BCUT2D eigenvalue weighted by molar-refractivity contribution is 5.95. The molecule has 2 rings (SSSR count). The average Bonchev–Trinajstić information content (AvgIpc) is 2.88. The van der Waals surface area contributed by atoms with Gasteiger partial charge in [-0.3, -0.25) is 4.79 Å². The van der Waals surface area contributed by atoms with Gasteiger partial charge in [-0.05, 0) is 6.72 Å². The first-order valence-electron chi connectivity index (χ1n) is 5.08. The predicted octanol–water partition coefficient (Wildman–Crippen LogP) is -0.550. The first-order chi connectivity index (χ1) is 9.47. The van der Waals surface area contributed by atoms with Gasteiger partial charge in [0.15, 0.2) is 11.4 Å². The number of fused-ring (bicyclic) bond motifs is 1. The maximum atomic E-state index is 11.6. The lowest BCUT2D eigenvalue weighted by Gasteiger charge is -2.02. The second-order valence-electron chi connectivity index (χ2n) is 3.43. The molecule has 2 aromatic rings. The number of aromatic nitrogens is 4. The van der Waals surface area contributed by atoms with E-state index in [4.69, 9.17) is 5.11 Å². The van der Waals surface area contributed by atoms with Crippen LogP contribution in [0.3, 0.4) is 0 Å². The third-order valence-corrected chi connectivity index (χ3v) is 2.26. The predicted molar refractivity (Wildman–Crippen MR) is 63.0 cm³/mol. The van der Waals surface area contributed by atoms with E-state index in [2.05, 4.69) is 31.5 Å². The lowest BCUT2D eigenvalue weighted by atomic mass is 10.3. The molecule has 20 heavy (non-hydrogen) atoms. The summed E-state index contributed by atoms with van der Waals surface area (Å²) in [6.07, 6.45) is 0. The number of aliphatic imine (C=N–C) groups is 1. The summed E-state index contributed by atoms with van der Waals surface area (Å²) in [6, 6.07) is 0.964. The molecule has 0 radical (unpaired) electrons. The number of hydrogen-bond acceptors (Lipinski definition) is 7. The Labute approximate surface area is 110 Å². The van der Waals surface area contributed by atoms with Gasteiger partial charge in [-0.15, -0.1) is 5.10 Å². The summed E-state index contributed by atoms with van der Waals surface area (Å²) < 4.78 is 5.41. The van der Waals surface area contributed by atoms with Gasteiger partial charge < -0.3 is 9.84 Å². The molecule has 0 fully saturated rings. The van der Waals surface area contributed by atoms with Crippen molar-refractivity contribution in [2.24, 2.45) is 4.99 Å². The SMILES string of the molecule is C=NC(=O)c1nc2nc(C(=O)O)cc(C(=O)OC)n2n1. The van der Waals surface area contributed by atoms with E-state index in [1.165, 1.54) is 0 Å². The van der Waals surface area contributed by atoms with Crippen molar-refractivity contribution in [2.45, 2.75) is 0 Å². The van der Waals surface area contributed by atoms with Gasteiger partial charge in [0, 0.05) is 6.07 Å². The lowest BCUT2D eigenvalue weighted by molar-refractivity contribution is 0.0590. The Morgan fingerprint density at radius 1 is 1.40 bits per heavy atom. The molecule has 0 spiro atoms. The molecule has 2 heterocycles. The molecule has 0 bridgehead atoms. The Balaban J connectivity index is 2.76. The van der Waals surface area contributed by atoms with Crippen LogP contribution in [-0.2, 0) is 4.74 Å². The van der Waals surface area contributed by atoms with Gasteiger partial charge in [0.2, 0.25) is 5.82 Å². The van der Waals surface area contributed by atoms with E-state index in [0.717, 1.165) is 17.7 Å². The van der Waals surface area contributed by atoms with Crippen LogP contribution in [0, 0.1) is 0 Å². The summed E-state index contributed by atoms with van der Waals surface area (Å²) in [5.74, 6) is -3.65. The number of methoxy groups -OCH3 is 1. The molecule has 2 aromatic heterocycles. The highest BCUT2D eigenvalue weighted by atomic mass is 16.5. The van der Waals surface area contributed by atoms with Crippen molar-refractivity contribution in [3.63, 3.8) is 0 Å². The molecule has 1 N–H and O–H groups in total. The van der Waals surface area contributed by atoms with E-state index < -0.39 is 23.5 Å². The molecule has 0 saturated carbocycles. The van der Waals surface area contributed by atoms with E-state index in [1.807, 2.05) is 0 Å². The first-order valence-corrected chi connectivity index (χ1v) is 5.08. The van der Waals surface area contributed by atoms with Crippen molar-refractivity contribution in [1.29, 1.82) is 0 Å². The molecule has 0 aromatic carbocycles. The van der Waals surface area contributed by atoms with Crippen LogP contribution in [0.2, 0.25) is 0 Å². The molecule has 10 heteroatoms. The van der Waals surface area contributed by atoms with Gasteiger partial charge in [0.25, 0.3) is 5.78 Å². The lowest BCUT2D eigenvalue weighted by Crippen LogP contribution is -2.13. The van der Waals surface area contributed by atoms with Crippen LogP contribution in [0.4, 0.5) is 0 Å². The quantitative estimate of drug-likeness (QED) is 0.582. The van der Waals surface area contributed by atoms with Crippen molar-refractivity contribution in [1.82, 2.24) is 19.6 Å². The summed E-state index contributed by atoms with van der Waals surface area (Å²) >= 11 is 0. The topological polar surface area (TPSA) is 136 Å². The molecule has 102 valence electrons. The van der Waals surface area contributed by atoms with Crippen LogP contribution in [0.1, 0.15) is 31.6 Å². The van der Waals surface area contributed by atoms with E-state index in [9.17, 15) is 14.4 Å². The molecule has 0 saturated heterocycles. The Morgan fingerprint density at radius 3 is 2.65 bits per heavy atom. The number of carbonyl (C=O) groups excluding carboxylic acids is 2. The van der Waals surface area contributed by atoms with Crippen molar-refractivity contribution in [2.75, 3.05) is 7.11 Å². The maximum absolute atomic E-state index is 11.6. The van der Waals surface area contributed by atoms with Crippen LogP contribution >= 0.6 is 0 Å². The van der Waals surface area contributed by atoms with E-state index in [0.29, 0.717) is 0 Å². The second kappa shape index (κ2) is 4.84. The Kier molecular flexibility index (Phi) is 3.21. The van der Waals surface area contributed by atoms with E-state index in [-0.39, 0.29) is 17.3 Å². The standard InChI is InChI=1S/C10H7N5O5/c1-11-7(16)6-13-10-12-4(8(17)18)3-5(9(19)20-2)15(10)14-6/h3H,1H2,2H3,(H,17,18). The number of esters is 1. The van der Waals surface area contributed by atoms with Crippen LogP contribution in [0.15, 0.2) is 11.1 Å². The van der Waals surface area contributed by atoms with Crippen molar-refractivity contribution in [3.8, 4) is 0 Å². The van der Waals surface area contributed by atoms with Gasteiger partial charge in [0.05, 0.1) is 7.11 Å². The maximum Gasteiger partial charge on any atom is 0.356 e. The van der Waals surface area contributed by atoms with E-state index >= 15 is 0 Å². The number of nitrogens with zero attached hydrogens (tertiary/aromatic N) is 5. The summed E-state index contributed by atoms with van der Waals surface area (Å²) in [5, 5.41) is 12.6. The normalized spacial score (nSPS) is 10.2. The molecular weight excluding hydrogens is 270 g/mol. The molecule has 0 aliphatic rings. The van der Waals surface area contributed by atoms with E-state index in [1.54, 1.807) is 0 Å². The zero-order valence-corrected chi connectivity index (χ0v) is 10.1. The second-order valence-corrected chi connectivity index (χ2v) is 3.43. The van der Waals surface area contributed by atoms with Crippen molar-refractivity contribution < 1.29 is 24.2 Å². The smallest absolute Gasteiger partial charge is 0.356 e. The van der Waals surface area contributed by atoms with Gasteiger partial charge in [-0.25, -0.2) is 19.6 Å². The van der Waals surface area contributed by atoms with Crippen LogP contribution in [-0.4, -0.2) is 56.4 Å². The third-order valence-electron chi connectivity index (χ3n) is 2.26. The zero-order valence-electron chi connectivity index (χ0n) is 10.1. The molecule has 0 aliphatic carbocycles. The number of carboxylic acid groups (broad SMARTS) is 1. The van der Waals surface area contributed by atoms with Gasteiger partial charge in [0.1, 0.15) is 0 Å². The van der Waals surface area contributed by atoms with Crippen molar-refractivity contribution >= 4 is 30.3 Å². The number of carboxylic acids is 1. The van der Waals surface area contributed by atoms with Crippen LogP contribution < -0.4 is 0 Å². The van der Waals surface area contributed by atoms with Gasteiger partial charge in [-0.1, -0.05) is 0 Å². The van der Waals surface area contributed by atoms with Gasteiger partial charge in [-0.2, -0.15) is 9.50 Å². The summed E-state index contributed by atoms with van der Waals surface area (Å²) in [7, 11) is 1.11. The summed E-state index contributed by atoms with van der Waals surface area (Å²) in [5.41, 5.74) is -0.665. The Hall–Kier alpha value is -3.17. The van der Waals surface area contributed by atoms with Crippen molar-refractivity contribution in [3.05, 3.63) is 23.3 Å². The monoisotopic (exact) mass is 277 g/mol. The average molecular weight is 277 g/mol. The third kappa shape index (κ3) is 2.09. The fourth-order valence-corrected chi connectivity index (χ4v) is 1.39. The summed E-state index contributed by atoms with van der Waals surface area (Å²) in [6.45, 7) is 3.03. The first kappa shape index (κ1) is 13.3. The largest absolute Gasteiger partial charge is 0.477 e. The molecule has 0 aliphatic heterocycles. The molecule has 1 amide bonds. The minimum absolute atomic E-state index is 0.231. The number of rotatable bonds is 3. The number of aromatic carboxylic acids is 1. The molecule has 10 nitrogen and oxygen atoms in total. The highest BCUT2D eigenvalue weighted by Crippen LogP contribution is 2.09. The number of amides is 1. The van der Waals surface area contributed by atoms with Crippen LogP contribution in [0.5, 0.6) is 0 Å². The minimum Gasteiger partial charge on any atom is -0.477 e. The molecular formula is C10H7N5O5.